The molecule has 0 fully saturated rings. The van der Waals surface area contributed by atoms with E-state index in [9.17, 15) is 4.79 Å². The number of benzene rings is 1. The third-order valence-corrected chi connectivity index (χ3v) is 3.63. The van der Waals surface area contributed by atoms with Crippen LogP contribution in [0.5, 0.6) is 0 Å². The largest absolute Gasteiger partial charge is 0.327 e. The molecule has 92 valence electrons. The van der Waals surface area contributed by atoms with Crippen LogP contribution in [0.4, 0.5) is 0 Å². The Hall–Kier alpha value is -1.90. The van der Waals surface area contributed by atoms with Gasteiger partial charge in [0.2, 0.25) is 0 Å². The summed E-state index contributed by atoms with van der Waals surface area (Å²) in [6.07, 6.45) is 2.99. The first kappa shape index (κ1) is 11.2. The lowest BCUT2D eigenvalue weighted by atomic mass is 9.97. The van der Waals surface area contributed by atoms with Gasteiger partial charge in [-0.05, 0) is 18.8 Å². The van der Waals surface area contributed by atoms with Gasteiger partial charge in [-0.15, -0.1) is 0 Å². The average Bonchev–Trinajstić information content (AvgIpc) is 2.77. The fourth-order valence-corrected chi connectivity index (χ4v) is 2.64. The SMILES string of the molecule is CC1CCn2c(-c3ccccc3)nc(C=O)c2C1. The Kier molecular flexibility index (Phi) is 2.74. The molecule has 1 atom stereocenters. The molecule has 2 heterocycles. The number of carbonyl (C=O) groups excluding carboxylic acids is 1. The van der Waals surface area contributed by atoms with E-state index < -0.39 is 0 Å². The Morgan fingerprint density at radius 1 is 1.33 bits per heavy atom. The molecule has 0 amide bonds. The van der Waals surface area contributed by atoms with Crippen LogP contribution < -0.4 is 0 Å². The maximum atomic E-state index is 11.2. The summed E-state index contributed by atoms with van der Waals surface area (Å²) >= 11 is 0. The zero-order chi connectivity index (χ0) is 12.5. The highest BCUT2D eigenvalue weighted by Crippen LogP contribution is 2.28. The maximum absolute atomic E-state index is 11.2. The van der Waals surface area contributed by atoms with Gasteiger partial charge >= 0.3 is 0 Å². The second-order valence-corrected chi connectivity index (χ2v) is 5.00. The van der Waals surface area contributed by atoms with Gasteiger partial charge in [0.25, 0.3) is 0 Å². The highest BCUT2D eigenvalue weighted by molar-refractivity contribution is 5.76. The zero-order valence-electron chi connectivity index (χ0n) is 10.5. The second kappa shape index (κ2) is 4.41. The Balaban J connectivity index is 2.15. The summed E-state index contributed by atoms with van der Waals surface area (Å²) in [7, 11) is 0. The van der Waals surface area contributed by atoms with E-state index in [1.807, 2.05) is 30.3 Å². The smallest absolute Gasteiger partial charge is 0.170 e. The van der Waals surface area contributed by atoms with Crippen molar-refractivity contribution >= 4 is 6.29 Å². The topological polar surface area (TPSA) is 34.9 Å². The van der Waals surface area contributed by atoms with Crippen LogP contribution in [0.3, 0.4) is 0 Å². The van der Waals surface area contributed by atoms with Crippen molar-refractivity contribution in [2.75, 3.05) is 0 Å². The van der Waals surface area contributed by atoms with Crippen LogP contribution in [-0.2, 0) is 13.0 Å². The number of aromatic nitrogens is 2. The average molecular weight is 240 g/mol. The van der Waals surface area contributed by atoms with E-state index in [0.717, 1.165) is 42.8 Å². The first-order valence-corrected chi connectivity index (χ1v) is 6.39. The van der Waals surface area contributed by atoms with Crippen molar-refractivity contribution in [3.63, 3.8) is 0 Å². The van der Waals surface area contributed by atoms with Gasteiger partial charge in [-0.1, -0.05) is 37.3 Å². The summed E-state index contributed by atoms with van der Waals surface area (Å²) in [5, 5.41) is 0. The molecule has 0 saturated carbocycles. The van der Waals surface area contributed by atoms with E-state index in [0.29, 0.717) is 11.6 Å². The molecule has 0 N–H and O–H groups in total. The molecule has 0 bridgehead atoms. The van der Waals surface area contributed by atoms with E-state index in [1.165, 1.54) is 0 Å². The van der Waals surface area contributed by atoms with Crippen LogP contribution >= 0.6 is 0 Å². The van der Waals surface area contributed by atoms with Crippen LogP contribution in [-0.4, -0.2) is 15.8 Å². The fraction of sp³-hybridized carbons (Fsp3) is 0.333. The molecule has 0 radical (unpaired) electrons. The molecule has 0 aliphatic carbocycles. The molecule has 0 saturated heterocycles. The molecule has 2 aromatic rings. The Morgan fingerprint density at radius 2 is 2.11 bits per heavy atom. The number of imidazole rings is 1. The van der Waals surface area contributed by atoms with Crippen molar-refractivity contribution in [3.05, 3.63) is 41.7 Å². The standard InChI is InChI=1S/C15H16N2O/c1-11-7-8-17-14(9-11)13(10-18)16-15(17)12-5-3-2-4-6-12/h2-6,10-11H,7-9H2,1H3. The minimum atomic E-state index is 0.611. The van der Waals surface area contributed by atoms with Gasteiger partial charge in [0.05, 0.1) is 0 Å². The van der Waals surface area contributed by atoms with Crippen LogP contribution in [0.25, 0.3) is 11.4 Å². The fourth-order valence-electron chi connectivity index (χ4n) is 2.64. The molecular formula is C15H16N2O. The molecule has 1 aliphatic heterocycles. The van der Waals surface area contributed by atoms with Crippen LogP contribution in [0.15, 0.2) is 30.3 Å². The van der Waals surface area contributed by atoms with Gasteiger partial charge in [0, 0.05) is 17.8 Å². The zero-order valence-corrected chi connectivity index (χ0v) is 10.5. The van der Waals surface area contributed by atoms with Gasteiger partial charge in [0.1, 0.15) is 11.5 Å². The van der Waals surface area contributed by atoms with Crippen molar-refractivity contribution in [1.29, 1.82) is 0 Å². The van der Waals surface area contributed by atoms with E-state index >= 15 is 0 Å². The minimum Gasteiger partial charge on any atom is -0.327 e. The number of nitrogens with zero attached hydrogens (tertiary/aromatic N) is 2. The Labute approximate surface area is 106 Å². The van der Waals surface area contributed by atoms with Crippen molar-refractivity contribution in [2.24, 2.45) is 5.92 Å². The minimum absolute atomic E-state index is 0.611. The number of rotatable bonds is 2. The molecule has 3 nitrogen and oxygen atoms in total. The molecule has 1 aliphatic rings. The third kappa shape index (κ3) is 1.76. The molecule has 0 spiro atoms. The predicted molar refractivity (Wildman–Crippen MR) is 70.5 cm³/mol. The van der Waals surface area contributed by atoms with Crippen LogP contribution in [0, 0.1) is 5.92 Å². The normalized spacial score (nSPS) is 18.4. The van der Waals surface area contributed by atoms with Crippen LogP contribution in [0.2, 0.25) is 0 Å². The van der Waals surface area contributed by atoms with Gasteiger partial charge in [-0.3, -0.25) is 4.79 Å². The van der Waals surface area contributed by atoms with Crippen molar-refractivity contribution < 1.29 is 4.79 Å². The molecule has 1 aromatic carbocycles. The lowest BCUT2D eigenvalue weighted by Gasteiger charge is -2.22. The summed E-state index contributed by atoms with van der Waals surface area (Å²) in [6, 6.07) is 10.1. The van der Waals surface area contributed by atoms with E-state index in [-0.39, 0.29) is 0 Å². The number of hydrogen-bond donors (Lipinski definition) is 0. The number of hydrogen-bond acceptors (Lipinski definition) is 2. The van der Waals surface area contributed by atoms with Gasteiger partial charge in [-0.25, -0.2) is 4.98 Å². The molecule has 1 unspecified atom stereocenters. The molecule has 3 heteroatoms. The van der Waals surface area contributed by atoms with Gasteiger partial charge in [0.15, 0.2) is 6.29 Å². The summed E-state index contributed by atoms with van der Waals surface area (Å²) in [5.41, 5.74) is 2.80. The highest BCUT2D eigenvalue weighted by Gasteiger charge is 2.23. The third-order valence-electron chi connectivity index (χ3n) is 3.63. The van der Waals surface area contributed by atoms with E-state index in [4.69, 9.17) is 0 Å². The summed E-state index contributed by atoms with van der Waals surface area (Å²) < 4.78 is 2.21. The number of fused-ring (bicyclic) bond motifs is 1. The summed E-state index contributed by atoms with van der Waals surface area (Å²) in [6.45, 7) is 3.19. The van der Waals surface area contributed by atoms with Crippen LogP contribution in [0.1, 0.15) is 29.5 Å². The molecule has 18 heavy (non-hydrogen) atoms. The Morgan fingerprint density at radius 3 is 2.83 bits per heavy atom. The van der Waals surface area contributed by atoms with Crippen molar-refractivity contribution in [2.45, 2.75) is 26.3 Å². The lowest BCUT2D eigenvalue weighted by Crippen LogP contribution is -2.18. The monoisotopic (exact) mass is 240 g/mol. The molecule has 1 aromatic heterocycles. The lowest BCUT2D eigenvalue weighted by molar-refractivity contribution is 0.111. The van der Waals surface area contributed by atoms with Gasteiger partial charge in [-0.2, -0.15) is 0 Å². The number of aldehydes is 1. The number of carbonyl (C=O) groups is 1. The maximum Gasteiger partial charge on any atom is 0.170 e. The Bertz CT molecular complexity index is 572. The highest BCUT2D eigenvalue weighted by atomic mass is 16.1. The second-order valence-electron chi connectivity index (χ2n) is 5.00. The first-order valence-electron chi connectivity index (χ1n) is 6.39. The summed E-state index contributed by atoms with van der Waals surface area (Å²) in [5.74, 6) is 1.57. The van der Waals surface area contributed by atoms with Crippen molar-refractivity contribution in [1.82, 2.24) is 9.55 Å². The van der Waals surface area contributed by atoms with Crippen molar-refractivity contribution in [3.8, 4) is 11.4 Å². The van der Waals surface area contributed by atoms with E-state index in [2.05, 4.69) is 16.5 Å². The molecule has 3 rings (SSSR count). The predicted octanol–water partition coefficient (Wildman–Crippen LogP) is 2.94. The summed E-state index contributed by atoms with van der Waals surface area (Å²) in [4.78, 5) is 15.7. The van der Waals surface area contributed by atoms with E-state index in [1.54, 1.807) is 0 Å². The molecular weight excluding hydrogens is 224 g/mol. The first-order chi connectivity index (χ1) is 8.79. The van der Waals surface area contributed by atoms with Gasteiger partial charge < -0.3 is 4.57 Å². The quantitative estimate of drug-likeness (QED) is 0.756.